The number of anilines is 1. The Hall–Kier alpha value is -1.02. The maximum absolute atomic E-state index is 10.1. The third-order valence-electron chi connectivity index (χ3n) is 4.24. The van der Waals surface area contributed by atoms with E-state index in [-0.39, 0.29) is 6.10 Å². The number of aliphatic hydroxyl groups is 1. The van der Waals surface area contributed by atoms with Gasteiger partial charge in [0.2, 0.25) is 0 Å². The average Bonchev–Trinajstić information content (AvgIpc) is 2.66. The standard InChI is InChI=1S/C15H21NO/c17-15-10-5-9-14(15)16-11-4-3-7-12-6-1-2-8-13(12)16/h1-2,6,8,14-15,17H,3-5,7,9-11H2. The van der Waals surface area contributed by atoms with E-state index >= 15 is 0 Å². The molecule has 2 aliphatic rings. The number of nitrogens with zero attached hydrogens (tertiary/aromatic N) is 1. The molecule has 0 bridgehead atoms. The van der Waals surface area contributed by atoms with Crippen LogP contribution in [0.5, 0.6) is 0 Å². The summed E-state index contributed by atoms with van der Waals surface area (Å²) in [4.78, 5) is 2.47. The lowest BCUT2D eigenvalue weighted by atomic mass is 10.1. The Morgan fingerprint density at radius 1 is 1.06 bits per heavy atom. The summed E-state index contributed by atoms with van der Waals surface area (Å²) >= 11 is 0. The summed E-state index contributed by atoms with van der Waals surface area (Å²) in [6.45, 7) is 1.11. The minimum atomic E-state index is -0.124. The molecule has 2 nitrogen and oxygen atoms in total. The van der Waals surface area contributed by atoms with Crippen LogP contribution in [0.2, 0.25) is 0 Å². The number of hydrogen-bond acceptors (Lipinski definition) is 2. The molecule has 0 radical (unpaired) electrons. The summed E-state index contributed by atoms with van der Waals surface area (Å²) in [7, 11) is 0. The largest absolute Gasteiger partial charge is 0.391 e. The van der Waals surface area contributed by atoms with Crippen LogP contribution in [0.3, 0.4) is 0 Å². The van der Waals surface area contributed by atoms with Crippen LogP contribution in [-0.2, 0) is 6.42 Å². The van der Waals surface area contributed by atoms with Crippen LogP contribution in [0.25, 0.3) is 0 Å². The lowest BCUT2D eigenvalue weighted by Crippen LogP contribution is -2.41. The molecule has 1 aromatic carbocycles. The SMILES string of the molecule is OC1CCCC1N1CCCCc2ccccc21. The third kappa shape index (κ3) is 2.06. The molecule has 92 valence electrons. The highest BCUT2D eigenvalue weighted by atomic mass is 16.3. The molecule has 0 amide bonds. The lowest BCUT2D eigenvalue weighted by molar-refractivity contribution is 0.161. The number of aliphatic hydroxyl groups excluding tert-OH is 1. The van der Waals surface area contributed by atoms with Crippen LogP contribution in [-0.4, -0.2) is 23.8 Å². The first-order chi connectivity index (χ1) is 8.36. The van der Waals surface area contributed by atoms with Gasteiger partial charge in [-0.3, -0.25) is 0 Å². The molecule has 2 unspecified atom stereocenters. The van der Waals surface area contributed by atoms with E-state index in [4.69, 9.17) is 0 Å². The quantitative estimate of drug-likeness (QED) is 0.803. The van der Waals surface area contributed by atoms with E-state index in [2.05, 4.69) is 29.2 Å². The molecule has 1 saturated carbocycles. The van der Waals surface area contributed by atoms with Crippen LogP contribution < -0.4 is 4.90 Å². The predicted octanol–water partition coefficient (Wildman–Crippen LogP) is 2.74. The number of rotatable bonds is 1. The zero-order valence-electron chi connectivity index (χ0n) is 10.3. The van der Waals surface area contributed by atoms with Gasteiger partial charge in [0.1, 0.15) is 0 Å². The van der Waals surface area contributed by atoms with E-state index in [1.54, 1.807) is 0 Å². The second kappa shape index (κ2) is 4.69. The van der Waals surface area contributed by atoms with Gasteiger partial charge in [0.05, 0.1) is 12.1 Å². The molecule has 1 aliphatic carbocycles. The van der Waals surface area contributed by atoms with E-state index in [9.17, 15) is 5.11 Å². The summed E-state index contributed by atoms with van der Waals surface area (Å²) in [5.74, 6) is 0. The average molecular weight is 231 g/mol. The Labute approximate surface area is 103 Å². The van der Waals surface area contributed by atoms with Gasteiger partial charge < -0.3 is 10.0 Å². The first kappa shape index (κ1) is 11.1. The van der Waals surface area contributed by atoms with Gasteiger partial charge >= 0.3 is 0 Å². The monoisotopic (exact) mass is 231 g/mol. The summed E-state index contributed by atoms with van der Waals surface area (Å²) in [5.41, 5.74) is 2.83. The molecule has 1 fully saturated rings. The van der Waals surface area contributed by atoms with Gasteiger partial charge in [-0.2, -0.15) is 0 Å². The van der Waals surface area contributed by atoms with Gasteiger partial charge in [0.15, 0.2) is 0 Å². The smallest absolute Gasteiger partial charge is 0.0743 e. The van der Waals surface area contributed by atoms with Crippen LogP contribution in [0, 0.1) is 0 Å². The van der Waals surface area contributed by atoms with E-state index in [0.29, 0.717) is 6.04 Å². The third-order valence-corrected chi connectivity index (χ3v) is 4.24. The van der Waals surface area contributed by atoms with Crippen LogP contribution in [0.1, 0.15) is 37.7 Å². The van der Waals surface area contributed by atoms with Crippen LogP contribution >= 0.6 is 0 Å². The Morgan fingerprint density at radius 2 is 1.94 bits per heavy atom. The number of hydrogen-bond donors (Lipinski definition) is 1. The van der Waals surface area contributed by atoms with Crippen LogP contribution in [0.15, 0.2) is 24.3 Å². The Balaban J connectivity index is 1.93. The molecule has 0 spiro atoms. The fourth-order valence-corrected chi connectivity index (χ4v) is 3.35. The van der Waals surface area contributed by atoms with E-state index < -0.39 is 0 Å². The number of aryl methyl sites for hydroxylation is 1. The normalized spacial score (nSPS) is 28.9. The highest BCUT2D eigenvalue weighted by molar-refractivity contribution is 5.55. The van der Waals surface area contributed by atoms with Crippen molar-refractivity contribution in [2.24, 2.45) is 0 Å². The maximum atomic E-state index is 10.1. The first-order valence-electron chi connectivity index (χ1n) is 6.89. The van der Waals surface area contributed by atoms with Gasteiger partial charge in [-0.15, -0.1) is 0 Å². The van der Waals surface area contributed by atoms with Crippen molar-refractivity contribution in [3.05, 3.63) is 29.8 Å². The fraction of sp³-hybridized carbons (Fsp3) is 0.600. The second-order valence-electron chi connectivity index (χ2n) is 5.34. The molecule has 2 atom stereocenters. The van der Waals surface area contributed by atoms with Gasteiger partial charge in [-0.25, -0.2) is 0 Å². The van der Waals surface area contributed by atoms with E-state index in [0.717, 1.165) is 19.4 Å². The molecular weight excluding hydrogens is 210 g/mol. The van der Waals surface area contributed by atoms with Crippen LogP contribution in [0.4, 0.5) is 5.69 Å². The van der Waals surface area contributed by atoms with Crippen molar-refractivity contribution in [3.8, 4) is 0 Å². The summed E-state index contributed by atoms with van der Waals surface area (Å²) in [6, 6.07) is 9.08. The van der Waals surface area contributed by atoms with Crippen molar-refractivity contribution >= 4 is 5.69 Å². The molecule has 0 aromatic heterocycles. The highest BCUT2D eigenvalue weighted by Gasteiger charge is 2.32. The van der Waals surface area contributed by atoms with Gasteiger partial charge in [-0.1, -0.05) is 18.2 Å². The van der Waals surface area contributed by atoms with E-state index in [1.807, 2.05) is 0 Å². The van der Waals surface area contributed by atoms with Crippen molar-refractivity contribution in [3.63, 3.8) is 0 Å². The fourth-order valence-electron chi connectivity index (χ4n) is 3.35. The number of para-hydroxylation sites is 1. The lowest BCUT2D eigenvalue weighted by Gasteiger charge is -2.33. The van der Waals surface area contributed by atoms with E-state index in [1.165, 1.54) is 36.9 Å². The van der Waals surface area contributed by atoms with Gasteiger partial charge in [0.25, 0.3) is 0 Å². The highest BCUT2D eigenvalue weighted by Crippen LogP contribution is 2.33. The molecular formula is C15H21NO. The topological polar surface area (TPSA) is 23.5 Å². The molecule has 2 heteroatoms. The molecule has 1 aromatic rings. The van der Waals surface area contributed by atoms with Crippen molar-refractivity contribution in [1.82, 2.24) is 0 Å². The van der Waals surface area contributed by atoms with Gasteiger partial charge in [-0.05, 0) is 50.2 Å². The summed E-state index contributed by atoms with van der Waals surface area (Å²) in [5, 5.41) is 10.1. The van der Waals surface area contributed by atoms with Crippen molar-refractivity contribution in [1.29, 1.82) is 0 Å². The molecule has 0 saturated heterocycles. The Kier molecular flexibility index (Phi) is 3.06. The molecule has 1 heterocycles. The zero-order chi connectivity index (χ0) is 11.7. The van der Waals surface area contributed by atoms with Crippen molar-refractivity contribution < 1.29 is 5.11 Å². The first-order valence-corrected chi connectivity index (χ1v) is 6.89. The molecule has 1 aliphatic heterocycles. The van der Waals surface area contributed by atoms with Crippen molar-refractivity contribution in [2.45, 2.75) is 50.7 Å². The maximum Gasteiger partial charge on any atom is 0.0743 e. The molecule has 3 rings (SSSR count). The minimum Gasteiger partial charge on any atom is -0.391 e. The second-order valence-corrected chi connectivity index (χ2v) is 5.34. The Bertz CT molecular complexity index is 390. The molecule has 17 heavy (non-hydrogen) atoms. The Morgan fingerprint density at radius 3 is 2.76 bits per heavy atom. The zero-order valence-corrected chi connectivity index (χ0v) is 10.3. The molecule has 1 N–H and O–H groups in total. The minimum absolute atomic E-state index is 0.124. The number of fused-ring (bicyclic) bond motifs is 1. The summed E-state index contributed by atoms with van der Waals surface area (Å²) in [6.07, 6.45) is 6.88. The van der Waals surface area contributed by atoms with Crippen molar-refractivity contribution in [2.75, 3.05) is 11.4 Å². The summed E-state index contributed by atoms with van der Waals surface area (Å²) < 4.78 is 0. The van der Waals surface area contributed by atoms with Gasteiger partial charge in [0, 0.05) is 12.2 Å². The number of benzene rings is 1. The predicted molar refractivity (Wildman–Crippen MR) is 70.4 cm³/mol.